The van der Waals surface area contributed by atoms with Gasteiger partial charge in [-0.3, -0.25) is 38.8 Å². The lowest BCUT2D eigenvalue weighted by Crippen LogP contribution is -2.54. The lowest BCUT2D eigenvalue weighted by Gasteiger charge is -2.36. The number of hydrogen-bond donors (Lipinski definition) is 2. The van der Waals surface area contributed by atoms with Crippen LogP contribution in [0.15, 0.2) is 47.5 Å². The Bertz CT molecular complexity index is 1840. The Morgan fingerprint density at radius 3 is 2.29 bits per heavy atom. The lowest BCUT2D eigenvalue weighted by atomic mass is 9.92. The van der Waals surface area contributed by atoms with Gasteiger partial charge in [-0.2, -0.15) is 0 Å². The Kier molecular flexibility index (Phi) is 14.2. The summed E-state index contributed by atoms with van der Waals surface area (Å²) in [5.41, 5.74) is 2.04. The Morgan fingerprint density at radius 2 is 1.55 bits per heavy atom. The normalized spacial score (nSPS) is 21.9. The van der Waals surface area contributed by atoms with Crippen molar-refractivity contribution in [1.29, 1.82) is 0 Å². The van der Waals surface area contributed by atoms with E-state index >= 15 is 0 Å². The maximum Gasteiger partial charge on any atom is 0.264 e. The van der Waals surface area contributed by atoms with E-state index in [0.29, 0.717) is 89.4 Å². The van der Waals surface area contributed by atoms with Crippen molar-refractivity contribution in [3.05, 3.63) is 53.6 Å². The van der Waals surface area contributed by atoms with Gasteiger partial charge in [0.25, 0.3) is 17.7 Å². The summed E-state index contributed by atoms with van der Waals surface area (Å²) < 4.78 is 22.7. The van der Waals surface area contributed by atoms with Crippen molar-refractivity contribution < 1.29 is 42.9 Å². The molecule has 0 radical (unpaired) electrons. The first-order valence-corrected chi connectivity index (χ1v) is 21.3. The minimum absolute atomic E-state index is 0.0907. The molecule has 2 saturated heterocycles. The van der Waals surface area contributed by atoms with Gasteiger partial charge in [-0.15, -0.1) is 0 Å². The summed E-state index contributed by atoms with van der Waals surface area (Å²) in [6.45, 7) is 6.16. The number of carbonyl (C=O) groups is 5. The third-order valence-electron chi connectivity index (χ3n) is 11.2. The highest BCUT2D eigenvalue weighted by atomic mass is 32.2. The van der Waals surface area contributed by atoms with Crippen molar-refractivity contribution in [2.24, 2.45) is 4.99 Å². The summed E-state index contributed by atoms with van der Waals surface area (Å²) in [6.07, 6.45) is 5.03. The molecule has 2 N–H and O–H groups in total. The number of likely N-dealkylation sites (N-methyl/N-ethyl adjacent to an activating group) is 1. The lowest BCUT2D eigenvalue weighted by molar-refractivity contribution is -0.149. The van der Waals surface area contributed by atoms with Crippen LogP contribution in [0.25, 0.3) is 0 Å². The van der Waals surface area contributed by atoms with Gasteiger partial charge >= 0.3 is 0 Å². The SMILES string of the molecule is CN1C(=O)CCC(N2C(=O)c3cccc(NCCOCCOCCOCCOc4ccc(N5CCN(C(=O)CSC6=N[C@@H]7CCCC[C@H]7N6)CC5)cc4)c3C2=O)C1=O. The molecule has 0 aromatic heterocycles. The van der Waals surface area contributed by atoms with Crippen LogP contribution in [0.3, 0.4) is 0 Å². The average Bonchev–Trinajstić information content (AvgIpc) is 3.78. The summed E-state index contributed by atoms with van der Waals surface area (Å²) in [6, 6.07) is 12.8. The quantitative estimate of drug-likeness (QED) is 0.166. The second kappa shape index (κ2) is 19.8. The second-order valence-electron chi connectivity index (χ2n) is 14.9. The number of fused-ring (bicyclic) bond motifs is 2. The molecule has 4 heterocycles. The fourth-order valence-corrected chi connectivity index (χ4v) is 8.82. The third-order valence-corrected chi connectivity index (χ3v) is 12.1. The predicted octanol–water partition coefficient (Wildman–Crippen LogP) is 2.62. The van der Waals surface area contributed by atoms with Crippen LogP contribution in [0.4, 0.5) is 11.4 Å². The largest absolute Gasteiger partial charge is 0.491 e. The number of imide groups is 2. The number of rotatable bonds is 18. The zero-order valence-electron chi connectivity index (χ0n) is 33.0. The molecule has 5 amide bonds. The topological polar surface area (TPSA) is 172 Å². The van der Waals surface area contributed by atoms with Gasteiger partial charge in [-0.1, -0.05) is 30.7 Å². The summed E-state index contributed by atoms with van der Waals surface area (Å²) >= 11 is 1.54. The van der Waals surface area contributed by atoms with Crippen LogP contribution in [0.1, 0.15) is 59.2 Å². The number of benzene rings is 2. The maximum absolute atomic E-state index is 13.3. The van der Waals surface area contributed by atoms with Gasteiger partial charge in [-0.05, 0) is 55.7 Å². The standard InChI is InChI=1S/C41H53N7O9S/c1-45-35(49)14-13-34(39(45)52)48-38(51)30-5-4-8-33(37(30)40(48)53)42-15-20-54-21-22-55-23-24-56-25-26-57-29-11-9-28(10-12-29)46-16-18-47(19-17-46)36(50)27-58-41-43-31-6-2-3-7-32(31)44-41/h4-5,8-12,31-32,34,42H,2-3,6-7,13-27H2,1H3,(H,43,44)/t31-,32-,34?/m1/s1. The number of thioether (sulfide) groups is 1. The van der Waals surface area contributed by atoms with Gasteiger partial charge in [0.1, 0.15) is 18.4 Å². The number of hydrogen-bond acceptors (Lipinski definition) is 14. The van der Waals surface area contributed by atoms with Crippen molar-refractivity contribution in [2.45, 2.75) is 56.7 Å². The highest BCUT2D eigenvalue weighted by molar-refractivity contribution is 8.14. The van der Waals surface area contributed by atoms with E-state index in [-0.39, 0.29) is 35.8 Å². The van der Waals surface area contributed by atoms with Gasteiger partial charge in [0, 0.05) is 57.6 Å². The molecule has 2 aromatic rings. The number of likely N-dealkylation sites (tertiary alicyclic amines) is 1. The number of piperidine rings is 1. The fourth-order valence-electron chi connectivity index (χ4n) is 7.94. The predicted molar refractivity (Wildman–Crippen MR) is 218 cm³/mol. The zero-order chi connectivity index (χ0) is 40.4. The molecule has 1 saturated carbocycles. The monoisotopic (exact) mass is 819 g/mol. The van der Waals surface area contributed by atoms with E-state index in [1.54, 1.807) is 30.0 Å². The van der Waals surface area contributed by atoms with Gasteiger partial charge in [0.05, 0.1) is 68.6 Å². The first-order valence-electron chi connectivity index (χ1n) is 20.3. The highest BCUT2D eigenvalue weighted by Crippen LogP contribution is 2.33. The van der Waals surface area contributed by atoms with E-state index < -0.39 is 23.8 Å². The summed E-state index contributed by atoms with van der Waals surface area (Å²) in [7, 11) is 1.37. The van der Waals surface area contributed by atoms with Crippen LogP contribution >= 0.6 is 11.8 Å². The summed E-state index contributed by atoms with van der Waals surface area (Å²) in [5, 5.41) is 7.62. The van der Waals surface area contributed by atoms with Crippen molar-refractivity contribution in [3.63, 3.8) is 0 Å². The smallest absolute Gasteiger partial charge is 0.264 e. The third kappa shape index (κ3) is 9.93. The molecule has 3 fully saturated rings. The molecule has 3 atom stereocenters. The van der Waals surface area contributed by atoms with E-state index in [9.17, 15) is 24.0 Å². The molecule has 58 heavy (non-hydrogen) atoms. The number of carbonyl (C=O) groups excluding carboxylic acids is 5. The maximum atomic E-state index is 13.3. The molecule has 1 unspecified atom stereocenters. The molecule has 5 aliphatic rings. The number of amides is 5. The molecule has 0 spiro atoms. The molecule has 312 valence electrons. The van der Waals surface area contributed by atoms with Crippen LogP contribution in [0, 0.1) is 0 Å². The molecule has 7 rings (SSSR count). The minimum atomic E-state index is -0.997. The first-order chi connectivity index (χ1) is 28.3. The van der Waals surface area contributed by atoms with E-state index in [1.165, 1.54) is 26.3 Å². The molecule has 1 aliphatic carbocycles. The number of amidine groups is 1. The first kappa shape index (κ1) is 41.4. The second-order valence-corrected chi connectivity index (χ2v) is 15.8. The van der Waals surface area contributed by atoms with Crippen LogP contribution in [0.2, 0.25) is 0 Å². The molecule has 2 aromatic carbocycles. The molecular weight excluding hydrogens is 767 g/mol. The van der Waals surface area contributed by atoms with Gasteiger partial charge < -0.3 is 39.4 Å². The number of nitrogens with one attached hydrogen (secondary N) is 2. The Hall–Kier alpha value is -4.71. The Morgan fingerprint density at radius 1 is 0.845 bits per heavy atom. The summed E-state index contributed by atoms with van der Waals surface area (Å²) in [5.74, 6) is -0.594. The van der Waals surface area contributed by atoms with Crippen molar-refractivity contribution in [2.75, 3.05) is 102 Å². The Labute approximate surface area is 342 Å². The van der Waals surface area contributed by atoms with Gasteiger partial charge in [0.2, 0.25) is 11.8 Å². The number of anilines is 2. The van der Waals surface area contributed by atoms with Crippen LogP contribution in [-0.2, 0) is 28.6 Å². The zero-order valence-corrected chi connectivity index (χ0v) is 33.8. The average molecular weight is 820 g/mol. The number of ether oxygens (including phenoxy) is 4. The number of aliphatic imine (C=N–C) groups is 1. The van der Waals surface area contributed by atoms with Crippen molar-refractivity contribution in [3.8, 4) is 5.75 Å². The molecule has 0 bridgehead atoms. The number of piperazine rings is 1. The molecule has 16 nitrogen and oxygen atoms in total. The van der Waals surface area contributed by atoms with Crippen LogP contribution < -0.4 is 20.3 Å². The number of nitrogens with zero attached hydrogens (tertiary/aromatic N) is 5. The minimum Gasteiger partial charge on any atom is -0.491 e. The Balaban J connectivity index is 0.696. The molecule has 17 heteroatoms. The summed E-state index contributed by atoms with van der Waals surface area (Å²) in [4.78, 5) is 74.9. The van der Waals surface area contributed by atoms with Gasteiger partial charge in [0.15, 0.2) is 5.17 Å². The molecule has 4 aliphatic heterocycles. The van der Waals surface area contributed by atoms with Crippen LogP contribution in [-0.4, -0.2) is 159 Å². The highest BCUT2D eigenvalue weighted by Gasteiger charge is 2.47. The molecular formula is C41H53N7O9S. The van der Waals surface area contributed by atoms with Crippen molar-refractivity contribution >= 4 is 57.8 Å². The van der Waals surface area contributed by atoms with E-state index in [0.717, 1.165) is 45.9 Å². The van der Waals surface area contributed by atoms with E-state index in [1.807, 2.05) is 17.0 Å². The van der Waals surface area contributed by atoms with Crippen molar-refractivity contribution in [1.82, 2.24) is 20.0 Å². The van der Waals surface area contributed by atoms with E-state index in [2.05, 4.69) is 27.7 Å². The van der Waals surface area contributed by atoms with E-state index in [4.69, 9.17) is 23.9 Å². The van der Waals surface area contributed by atoms with Crippen LogP contribution in [0.5, 0.6) is 5.75 Å². The fraction of sp³-hybridized carbons (Fsp3) is 0.561. The van der Waals surface area contributed by atoms with Gasteiger partial charge in [-0.25, -0.2) is 0 Å².